The third-order valence-corrected chi connectivity index (χ3v) is 4.92. The predicted octanol–water partition coefficient (Wildman–Crippen LogP) is 3.47. The maximum absolute atomic E-state index is 5.90. The van der Waals surface area contributed by atoms with Crippen LogP contribution in [-0.2, 0) is 36.9 Å². The summed E-state index contributed by atoms with van der Waals surface area (Å²) in [6.07, 6.45) is 0. The number of hydrogen-bond donors (Lipinski definition) is 0. The largest absolute Gasteiger partial charge is 0.496 e. The molecule has 2 aromatic rings. The molecule has 1 aliphatic rings. The van der Waals surface area contributed by atoms with Gasteiger partial charge in [-0.15, -0.1) is 0 Å². The number of ether oxygens (including phenoxy) is 7. The highest BCUT2D eigenvalue weighted by Gasteiger charge is 2.19. The molecule has 0 amide bonds. The molecule has 0 unspecified atom stereocenters. The number of methoxy groups -OCH3 is 2. The molecular weight excluding hydrogens is 400 g/mol. The van der Waals surface area contributed by atoms with Gasteiger partial charge in [0, 0.05) is 11.1 Å². The van der Waals surface area contributed by atoms with Crippen molar-refractivity contribution in [2.24, 2.45) is 0 Å². The summed E-state index contributed by atoms with van der Waals surface area (Å²) < 4.78 is 39.8. The molecule has 1 aliphatic heterocycles. The molecular formula is C24H32O7. The van der Waals surface area contributed by atoms with Gasteiger partial charge in [-0.05, 0) is 23.3 Å². The molecule has 0 atom stereocenters. The Balaban J connectivity index is 1.90. The number of hydrogen-bond acceptors (Lipinski definition) is 7. The zero-order chi connectivity index (χ0) is 21.7. The van der Waals surface area contributed by atoms with Crippen molar-refractivity contribution in [2.75, 3.05) is 67.1 Å². The van der Waals surface area contributed by atoms with E-state index in [4.69, 9.17) is 33.2 Å². The first kappa shape index (κ1) is 23.5. The van der Waals surface area contributed by atoms with E-state index in [2.05, 4.69) is 0 Å². The molecule has 2 aromatic carbocycles. The van der Waals surface area contributed by atoms with Gasteiger partial charge < -0.3 is 33.2 Å². The average molecular weight is 433 g/mol. The van der Waals surface area contributed by atoms with Gasteiger partial charge in [0.15, 0.2) is 0 Å². The molecule has 7 heteroatoms. The van der Waals surface area contributed by atoms with Crippen molar-refractivity contribution >= 4 is 0 Å². The first-order chi connectivity index (χ1) is 15.3. The van der Waals surface area contributed by atoms with Gasteiger partial charge in [0.05, 0.1) is 80.3 Å². The Kier molecular flexibility index (Phi) is 10.1. The van der Waals surface area contributed by atoms with Crippen LogP contribution in [0.4, 0.5) is 0 Å². The Hall–Kier alpha value is -2.16. The molecule has 0 radical (unpaired) electrons. The van der Waals surface area contributed by atoms with E-state index in [9.17, 15) is 0 Å². The number of fused-ring (bicyclic) bond motifs is 3. The van der Waals surface area contributed by atoms with E-state index in [1.807, 2.05) is 36.4 Å². The van der Waals surface area contributed by atoms with Gasteiger partial charge >= 0.3 is 0 Å². The molecule has 7 nitrogen and oxygen atoms in total. The Morgan fingerprint density at radius 3 is 1.23 bits per heavy atom. The lowest BCUT2D eigenvalue weighted by Gasteiger charge is -2.20. The van der Waals surface area contributed by atoms with Crippen molar-refractivity contribution in [2.45, 2.75) is 13.2 Å². The second-order valence-corrected chi connectivity index (χ2v) is 6.93. The van der Waals surface area contributed by atoms with E-state index < -0.39 is 0 Å². The SMILES string of the molecule is COc1cccc2c1-c1c(cccc1OC)COCCOCCOCCOCCOC2. The Morgan fingerprint density at radius 1 is 0.516 bits per heavy atom. The molecule has 0 aliphatic carbocycles. The van der Waals surface area contributed by atoms with Crippen LogP contribution < -0.4 is 9.47 Å². The Morgan fingerprint density at radius 2 is 0.871 bits per heavy atom. The fourth-order valence-corrected chi connectivity index (χ4v) is 3.44. The third kappa shape index (κ3) is 6.92. The van der Waals surface area contributed by atoms with Crippen LogP contribution in [0.2, 0.25) is 0 Å². The van der Waals surface area contributed by atoms with Crippen LogP contribution in [0, 0.1) is 0 Å². The Bertz CT molecular complexity index is 728. The summed E-state index contributed by atoms with van der Waals surface area (Å²) in [6.45, 7) is 4.98. The molecule has 170 valence electrons. The summed E-state index contributed by atoms with van der Waals surface area (Å²) in [5.74, 6) is 1.52. The van der Waals surface area contributed by atoms with Gasteiger partial charge in [0.1, 0.15) is 11.5 Å². The second-order valence-electron chi connectivity index (χ2n) is 6.93. The average Bonchev–Trinajstić information content (AvgIpc) is 2.80. The fraction of sp³-hybridized carbons (Fsp3) is 0.500. The molecule has 0 saturated heterocycles. The van der Waals surface area contributed by atoms with Gasteiger partial charge in [0.25, 0.3) is 0 Å². The predicted molar refractivity (Wildman–Crippen MR) is 117 cm³/mol. The summed E-state index contributed by atoms with van der Waals surface area (Å²) in [4.78, 5) is 0. The van der Waals surface area contributed by atoms with Crippen molar-refractivity contribution in [1.82, 2.24) is 0 Å². The second kappa shape index (κ2) is 13.3. The zero-order valence-electron chi connectivity index (χ0n) is 18.4. The van der Waals surface area contributed by atoms with E-state index in [-0.39, 0.29) is 0 Å². The normalized spacial score (nSPS) is 17.4. The number of benzene rings is 2. The maximum atomic E-state index is 5.90. The lowest BCUT2D eigenvalue weighted by atomic mass is 9.94. The fourth-order valence-electron chi connectivity index (χ4n) is 3.44. The minimum absolute atomic E-state index is 0.429. The molecule has 0 N–H and O–H groups in total. The van der Waals surface area contributed by atoms with Gasteiger partial charge in [-0.2, -0.15) is 0 Å². The zero-order valence-corrected chi connectivity index (χ0v) is 18.4. The van der Waals surface area contributed by atoms with Crippen molar-refractivity contribution in [1.29, 1.82) is 0 Å². The van der Waals surface area contributed by atoms with Crippen molar-refractivity contribution < 1.29 is 33.2 Å². The van der Waals surface area contributed by atoms with Crippen LogP contribution >= 0.6 is 0 Å². The summed E-state index contributed by atoms with van der Waals surface area (Å²) in [5, 5.41) is 0. The van der Waals surface area contributed by atoms with Crippen molar-refractivity contribution in [3.63, 3.8) is 0 Å². The first-order valence-electron chi connectivity index (χ1n) is 10.6. The Labute approximate surface area is 184 Å². The smallest absolute Gasteiger partial charge is 0.127 e. The quantitative estimate of drug-likeness (QED) is 0.720. The van der Waals surface area contributed by atoms with Crippen LogP contribution in [-0.4, -0.2) is 67.1 Å². The van der Waals surface area contributed by atoms with Gasteiger partial charge in [-0.3, -0.25) is 0 Å². The standard InChI is InChI=1S/C24H32O7/c1-25-21-7-3-5-19-17-30-15-13-28-11-9-27-10-12-29-14-16-31-18-20-6-4-8-22(26-2)24(20)23(19)21/h3-8H,9-18H2,1-2H3. The van der Waals surface area contributed by atoms with E-state index >= 15 is 0 Å². The lowest BCUT2D eigenvalue weighted by Crippen LogP contribution is -2.13. The first-order valence-corrected chi connectivity index (χ1v) is 10.6. The van der Waals surface area contributed by atoms with Crippen LogP contribution in [0.5, 0.6) is 11.5 Å². The summed E-state index contributed by atoms with van der Waals surface area (Å²) in [7, 11) is 3.34. The topological polar surface area (TPSA) is 64.6 Å². The summed E-state index contributed by atoms with van der Waals surface area (Å²) in [5.41, 5.74) is 3.92. The van der Waals surface area contributed by atoms with Crippen molar-refractivity contribution in [3.8, 4) is 22.6 Å². The van der Waals surface area contributed by atoms with Crippen LogP contribution in [0.25, 0.3) is 11.1 Å². The molecule has 1 heterocycles. The molecule has 0 saturated carbocycles. The van der Waals surface area contributed by atoms with Crippen molar-refractivity contribution in [3.05, 3.63) is 47.5 Å². The van der Waals surface area contributed by atoms with Crippen LogP contribution in [0.15, 0.2) is 36.4 Å². The van der Waals surface area contributed by atoms with E-state index in [1.54, 1.807) is 14.2 Å². The van der Waals surface area contributed by atoms with E-state index in [0.29, 0.717) is 66.1 Å². The van der Waals surface area contributed by atoms with Gasteiger partial charge in [0.2, 0.25) is 0 Å². The summed E-state index contributed by atoms with van der Waals surface area (Å²) >= 11 is 0. The highest BCUT2D eigenvalue weighted by molar-refractivity contribution is 5.81. The van der Waals surface area contributed by atoms with Gasteiger partial charge in [-0.25, -0.2) is 0 Å². The maximum Gasteiger partial charge on any atom is 0.127 e. The molecule has 0 bridgehead atoms. The summed E-state index contributed by atoms with van der Waals surface area (Å²) in [6, 6.07) is 11.9. The lowest BCUT2D eigenvalue weighted by molar-refractivity contribution is -0.0136. The van der Waals surface area contributed by atoms with E-state index in [0.717, 1.165) is 33.8 Å². The molecule has 31 heavy (non-hydrogen) atoms. The van der Waals surface area contributed by atoms with Crippen LogP contribution in [0.1, 0.15) is 11.1 Å². The minimum atomic E-state index is 0.429. The molecule has 0 fully saturated rings. The number of rotatable bonds is 2. The highest BCUT2D eigenvalue weighted by atomic mass is 16.6. The minimum Gasteiger partial charge on any atom is -0.496 e. The monoisotopic (exact) mass is 432 g/mol. The molecule has 0 spiro atoms. The van der Waals surface area contributed by atoms with E-state index in [1.165, 1.54) is 0 Å². The molecule has 3 rings (SSSR count). The molecule has 0 aromatic heterocycles. The highest BCUT2D eigenvalue weighted by Crippen LogP contribution is 2.41. The van der Waals surface area contributed by atoms with Crippen LogP contribution in [0.3, 0.4) is 0 Å². The van der Waals surface area contributed by atoms with Gasteiger partial charge in [-0.1, -0.05) is 24.3 Å². The third-order valence-electron chi connectivity index (χ3n) is 4.92.